The molecule has 0 aliphatic carbocycles. The Bertz CT molecular complexity index is 1200. The maximum Gasteiger partial charge on any atom is 0.471 e. The number of carbonyl (C=O) groups excluding carboxylic acids is 1. The van der Waals surface area contributed by atoms with E-state index >= 15 is 0 Å². The predicted octanol–water partition coefficient (Wildman–Crippen LogP) is 4.29. The van der Waals surface area contributed by atoms with E-state index in [1.807, 2.05) is 74.5 Å². The molecule has 182 valence electrons. The van der Waals surface area contributed by atoms with Gasteiger partial charge in [-0.25, -0.2) is 4.98 Å². The van der Waals surface area contributed by atoms with Gasteiger partial charge in [0.15, 0.2) is 5.82 Å². The maximum absolute atomic E-state index is 12.7. The van der Waals surface area contributed by atoms with E-state index in [-0.39, 0.29) is 10.8 Å². The van der Waals surface area contributed by atoms with E-state index in [1.165, 1.54) is 0 Å². The van der Waals surface area contributed by atoms with Crippen LogP contribution in [-0.2, 0) is 4.79 Å². The second kappa shape index (κ2) is 10.6. The van der Waals surface area contributed by atoms with Crippen LogP contribution in [0.1, 0.15) is 32.3 Å². The molecule has 1 amide bonds. The summed E-state index contributed by atoms with van der Waals surface area (Å²) in [6, 6.07) is 19.1. The molecule has 5 nitrogen and oxygen atoms in total. The number of benzene rings is 2. The number of nitrogens with one attached hydrogen (secondary N) is 1. The standard InChI is InChI=1S/C25H23ClF3N3O2Si/c1-24(2,35(34,19-12-5-3-6-13-19)20-14-7-4-8-15-20)16-10-9-11-18-17-30-23(26)32-21(18)31-22(33)25(27,28)29/h3-8,12-15,17,34H,10,16H2,1-2H3,(H,30,31,32,33). The molecular weight excluding hydrogens is 495 g/mol. The van der Waals surface area contributed by atoms with Crippen molar-refractivity contribution in [2.75, 3.05) is 5.32 Å². The van der Waals surface area contributed by atoms with Gasteiger partial charge in [-0.15, -0.1) is 0 Å². The fourth-order valence-electron chi connectivity index (χ4n) is 3.75. The molecule has 35 heavy (non-hydrogen) atoms. The van der Waals surface area contributed by atoms with Gasteiger partial charge in [-0.3, -0.25) is 4.79 Å². The average Bonchev–Trinajstić information content (AvgIpc) is 2.82. The molecule has 0 aliphatic heterocycles. The molecule has 0 spiro atoms. The van der Waals surface area contributed by atoms with Crippen molar-refractivity contribution in [3.8, 4) is 11.8 Å². The second-order valence-electron chi connectivity index (χ2n) is 8.48. The molecule has 1 aromatic heterocycles. The van der Waals surface area contributed by atoms with E-state index < -0.39 is 31.3 Å². The number of rotatable bonds is 6. The van der Waals surface area contributed by atoms with Crippen molar-refractivity contribution in [2.24, 2.45) is 0 Å². The highest BCUT2D eigenvalue weighted by molar-refractivity contribution is 6.98. The molecule has 2 aromatic carbocycles. The molecule has 0 saturated carbocycles. The Morgan fingerprint density at radius 2 is 1.60 bits per heavy atom. The highest BCUT2D eigenvalue weighted by Crippen LogP contribution is 2.39. The first-order valence-electron chi connectivity index (χ1n) is 10.7. The van der Waals surface area contributed by atoms with Crippen LogP contribution in [0.25, 0.3) is 0 Å². The number of carbonyl (C=O) groups is 1. The van der Waals surface area contributed by atoms with Crippen LogP contribution in [0.5, 0.6) is 0 Å². The molecule has 0 saturated heterocycles. The minimum absolute atomic E-state index is 0.00318. The molecule has 0 aliphatic rings. The van der Waals surface area contributed by atoms with Crippen molar-refractivity contribution in [2.45, 2.75) is 37.9 Å². The van der Waals surface area contributed by atoms with E-state index in [1.54, 1.807) is 5.32 Å². The molecule has 2 N–H and O–H groups in total. The smallest absolute Gasteiger partial charge is 0.424 e. The monoisotopic (exact) mass is 517 g/mol. The largest absolute Gasteiger partial charge is 0.471 e. The highest BCUT2D eigenvalue weighted by Gasteiger charge is 2.49. The zero-order chi connectivity index (χ0) is 25.7. The van der Waals surface area contributed by atoms with Crippen LogP contribution in [0, 0.1) is 11.8 Å². The lowest BCUT2D eigenvalue weighted by Crippen LogP contribution is -2.65. The van der Waals surface area contributed by atoms with E-state index in [2.05, 4.69) is 21.8 Å². The van der Waals surface area contributed by atoms with Gasteiger partial charge in [-0.2, -0.15) is 18.2 Å². The SMILES string of the molecule is CC(C)(CCC#Cc1cnc(Cl)nc1NC(=O)C(F)(F)F)[Si](O)(c1ccccc1)c1ccccc1. The summed E-state index contributed by atoms with van der Waals surface area (Å²) < 4.78 is 38.0. The van der Waals surface area contributed by atoms with Gasteiger partial charge in [0.25, 0.3) is 8.32 Å². The molecule has 1 heterocycles. The number of anilines is 1. The Kier molecular flexibility index (Phi) is 8.00. The number of halogens is 4. The fourth-order valence-corrected chi connectivity index (χ4v) is 7.61. The number of amides is 1. The molecule has 10 heteroatoms. The van der Waals surface area contributed by atoms with Crippen LogP contribution in [-0.4, -0.2) is 35.2 Å². The lowest BCUT2D eigenvalue weighted by molar-refractivity contribution is -0.167. The second-order valence-corrected chi connectivity index (χ2v) is 12.7. The van der Waals surface area contributed by atoms with Gasteiger partial charge >= 0.3 is 12.1 Å². The molecule has 0 fully saturated rings. The van der Waals surface area contributed by atoms with Gasteiger partial charge in [0.05, 0.1) is 5.56 Å². The van der Waals surface area contributed by atoms with Crippen molar-refractivity contribution in [3.05, 3.63) is 77.7 Å². The maximum atomic E-state index is 12.7. The third-order valence-electron chi connectivity index (χ3n) is 5.71. The minimum Gasteiger partial charge on any atom is -0.424 e. The Hall–Kier alpha value is -3.19. The Morgan fingerprint density at radius 3 is 2.11 bits per heavy atom. The number of aromatic nitrogens is 2. The summed E-state index contributed by atoms with van der Waals surface area (Å²) >= 11 is 5.68. The van der Waals surface area contributed by atoms with Gasteiger partial charge in [0.1, 0.15) is 0 Å². The molecule has 0 unspecified atom stereocenters. The van der Waals surface area contributed by atoms with Gasteiger partial charge in [0, 0.05) is 12.6 Å². The summed E-state index contributed by atoms with van der Waals surface area (Å²) in [7, 11) is -3.21. The summed E-state index contributed by atoms with van der Waals surface area (Å²) in [4.78, 5) is 30.9. The zero-order valence-electron chi connectivity index (χ0n) is 19.0. The minimum atomic E-state index is -5.09. The summed E-state index contributed by atoms with van der Waals surface area (Å²) in [6.45, 7) is 3.97. The summed E-state index contributed by atoms with van der Waals surface area (Å²) in [5.41, 5.74) is 0.00318. The number of nitrogens with zero attached hydrogens (tertiary/aromatic N) is 2. The lowest BCUT2D eigenvalue weighted by Gasteiger charge is -2.41. The van der Waals surface area contributed by atoms with Crippen molar-refractivity contribution in [1.82, 2.24) is 9.97 Å². The van der Waals surface area contributed by atoms with Gasteiger partial charge in [-0.1, -0.05) is 86.4 Å². The quantitative estimate of drug-likeness (QED) is 0.290. The van der Waals surface area contributed by atoms with Gasteiger partial charge < -0.3 is 10.1 Å². The normalized spacial score (nSPS) is 12.0. The van der Waals surface area contributed by atoms with Crippen molar-refractivity contribution < 1.29 is 22.8 Å². The molecule has 0 atom stereocenters. The molecule has 0 bridgehead atoms. The van der Waals surface area contributed by atoms with Crippen molar-refractivity contribution in [3.63, 3.8) is 0 Å². The predicted molar refractivity (Wildman–Crippen MR) is 132 cm³/mol. The lowest BCUT2D eigenvalue weighted by atomic mass is 10.1. The Morgan fingerprint density at radius 1 is 1.06 bits per heavy atom. The van der Waals surface area contributed by atoms with Crippen LogP contribution in [0.3, 0.4) is 0 Å². The van der Waals surface area contributed by atoms with Crippen LogP contribution >= 0.6 is 11.6 Å². The van der Waals surface area contributed by atoms with Crippen LogP contribution in [0.15, 0.2) is 66.9 Å². The Labute approximate surface area is 207 Å². The summed E-state index contributed by atoms with van der Waals surface area (Å²) in [5.74, 6) is 3.03. The van der Waals surface area contributed by atoms with E-state index in [0.29, 0.717) is 12.8 Å². The van der Waals surface area contributed by atoms with E-state index in [4.69, 9.17) is 11.6 Å². The molecule has 3 rings (SSSR count). The summed E-state index contributed by atoms with van der Waals surface area (Å²) in [6.07, 6.45) is -3.10. The van der Waals surface area contributed by atoms with Crippen LogP contribution in [0.2, 0.25) is 10.3 Å². The van der Waals surface area contributed by atoms with E-state index in [9.17, 15) is 22.8 Å². The number of hydrogen-bond acceptors (Lipinski definition) is 4. The van der Waals surface area contributed by atoms with Crippen molar-refractivity contribution >= 4 is 42.0 Å². The fraction of sp³-hybridized carbons (Fsp3) is 0.240. The Balaban J connectivity index is 1.85. The molecule has 0 radical (unpaired) electrons. The van der Waals surface area contributed by atoms with Crippen LogP contribution in [0.4, 0.5) is 19.0 Å². The first kappa shape index (κ1) is 26.4. The van der Waals surface area contributed by atoms with Crippen LogP contribution < -0.4 is 15.7 Å². The molecular formula is C25H23ClF3N3O2Si. The van der Waals surface area contributed by atoms with Gasteiger partial charge in [0.2, 0.25) is 5.28 Å². The third-order valence-corrected chi connectivity index (χ3v) is 10.4. The van der Waals surface area contributed by atoms with Crippen molar-refractivity contribution in [1.29, 1.82) is 0 Å². The van der Waals surface area contributed by atoms with E-state index in [0.717, 1.165) is 16.6 Å². The molecule has 3 aromatic rings. The highest BCUT2D eigenvalue weighted by atomic mass is 35.5. The summed E-state index contributed by atoms with van der Waals surface area (Å²) in [5, 5.41) is 2.55. The number of alkyl halides is 3. The zero-order valence-corrected chi connectivity index (χ0v) is 20.8. The third kappa shape index (κ3) is 6.09. The first-order chi connectivity index (χ1) is 16.4. The number of hydrogen-bond donors (Lipinski definition) is 2. The average molecular weight is 518 g/mol. The topological polar surface area (TPSA) is 75.1 Å². The van der Waals surface area contributed by atoms with Gasteiger partial charge in [-0.05, 0) is 33.4 Å². The first-order valence-corrected chi connectivity index (χ1v) is 13.0.